The molecular formula is C30H41F3N6O. The predicted molar refractivity (Wildman–Crippen MR) is 152 cm³/mol. The van der Waals surface area contributed by atoms with Gasteiger partial charge in [-0.1, -0.05) is 24.3 Å². The fourth-order valence-corrected chi connectivity index (χ4v) is 6.07. The van der Waals surface area contributed by atoms with Gasteiger partial charge in [-0.15, -0.1) is 0 Å². The van der Waals surface area contributed by atoms with E-state index >= 15 is 0 Å². The number of halogens is 3. The lowest BCUT2D eigenvalue weighted by Crippen LogP contribution is -2.49. The van der Waals surface area contributed by atoms with E-state index < -0.39 is 12.6 Å². The van der Waals surface area contributed by atoms with Gasteiger partial charge in [0.1, 0.15) is 5.65 Å². The normalized spacial score (nSPS) is 22.2. The van der Waals surface area contributed by atoms with E-state index in [1.54, 1.807) is 6.20 Å². The number of anilines is 1. The highest BCUT2D eigenvalue weighted by Gasteiger charge is 2.28. The van der Waals surface area contributed by atoms with E-state index in [9.17, 15) is 18.3 Å². The number of aliphatic hydroxyl groups excluding tert-OH is 1. The highest BCUT2D eigenvalue weighted by molar-refractivity contribution is 5.94. The summed E-state index contributed by atoms with van der Waals surface area (Å²) in [5.74, 6) is 0.195. The van der Waals surface area contributed by atoms with Crippen molar-refractivity contribution in [2.75, 3.05) is 38.0 Å². The summed E-state index contributed by atoms with van der Waals surface area (Å²) in [6.45, 7) is 10.8. The van der Waals surface area contributed by atoms with Gasteiger partial charge in [0.15, 0.2) is 0 Å². The Balaban J connectivity index is 1.39. The van der Waals surface area contributed by atoms with Crippen molar-refractivity contribution in [2.45, 2.75) is 83.3 Å². The SMILES string of the molecule is CC(C)N1CCN([C@H](C)c2ccc(-c3cn([C@H]4CC[C@H](O)CC4)c4nc(NCCC(F)(F)F)ncc34)cc2)CC1. The van der Waals surface area contributed by atoms with E-state index in [1.165, 1.54) is 5.56 Å². The second kappa shape index (κ2) is 12.0. The number of nitrogens with one attached hydrogen (secondary N) is 1. The molecule has 0 spiro atoms. The summed E-state index contributed by atoms with van der Waals surface area (Å²) in [5, 5.41) is 13.6. The fourth-order valence-electron chi connectivity index (χ4n) is 6.07. The molecule has 0 amide bonds. The van der Waals surface area contributed by atoms with Crippen LogP contribution in [0.5, 0.6) is 0 Å². The molecule has 3 heterocycles. The smallest absolute Gasteiger partial charge is 0.390 e. The van der Waals surface area contributed by atoms with Crippen LogP contribution in [-0.4, -0.2) is 80.5 Å². The van der Waals surface area contributed by atoms with Crippen molar-refractivity contribution in [3.05, 3.63) is 42.2 Å². The maximum absolute atomic E-state index is 12.7. The lowest BCUT2D eigenvalue weighted by atomic mass is 9.93. The van der Waals surface area contributed by atoms with Crippen molar-refractivity contribution >= 4 is 17.0 Å². The summed E-state index contributed by atoms with van der Waals surface area (Å²) in [6.07, 6.45) is 1.45. The molecule has 40 heavy (non-hydrogen) atoms. The first-order chi connectivity index (χ1) is 19.1. The van der Waals surface area contributed by atoms with E-state index in [1.807, 2.05) is 0 Å². The topological polar surface area (TPSA) is 69.5 Å². The zero-order valence-corrected chi connectivity index (χ0v) is 23.7. The first-order valence-electron chi connectivity index (χ1n) is 14.5. The molecule has 1 aliphatic heterocycles. The van der Waals surface area contributed by atoms with Gasteiger partial charge in [0, 0.05) is 74.2 Å². The molecule has 0 bridgehead atoms. The minimum Gasteiger partial charge on any atom is -0.393 e. The van der Waals surface area contributed by atoms with Gasteiger partial charge in [0.2, 0.25) is 5.95 Å². The van der Waals surface area contributed by atoms with Crippen molar-refractivity contribution < 1.29 is 18.3 Å². The van der Waals surface area contributed by atoms with Crippen LogP contribution >= 0.6 is 0 Å². The number of fused-ring (bicyclic) bond motifs is 1. The van der Waals surface area contributed by atoms with Gasteiger partial charge >= 0.3 is 6.18 Å². The highest BCUT2D eigenvalue weighted by Crippen LogP contribution is 2.37. The Morgan fingerprint density at radius 2 is 1.62 bits per heavy atom. The number of rotatable bonds is 8. The van der Waals surface area contributed by atoms with E-state index in [4.69, 9.17) is 0 Å². The molecule has 10 heteroatoms. The number of alkyl halides is 3. The van der Waals surface area contributed by atoms with Gasteiger partial charge in [-0.05, 0) is 57.6 Å². The van der Waals surface area contributed by atoms with Gasteiger partial charge in [-0.25, -0.2) is 4.98 Å². The van der Waals surface area contributed by atoms with Crippen LogP contribution in [0.4, 0.5) is 19.1 Å². The van der Waals surface area contributed by atoms with Crippen LogP contribution in [0.2, 0.25) is 0 Å². The van der Waals surface area contributed by atoms with Gasteiger partial charge in [-0.3, -0.25) is 9.80 Å². The van der Waals surface area contributed by atoms with Crippen molar-refractivity contribution in [2.24, 2.45) is 0 Å². The molecule has 1 saturated carbocycles. The third-order valence-electron chi connectivity index (χ3n) is 8.65. The first kappa shape index (κ1) is 28.8. The molecule has 5 rings (SSSR count). The summed E-state index contributed by atoms with van der Waals surface area (Å²) in [6, 6.07) is 9.76. The Labute approximate surface area is 234 Å². The average molecular weight is 559 g/mol. The predicted octanol–water partition coefficient (Wildman–Crippen LogP) is 6.03. The summed E-state index contributed by atoms with van der Waals surface area (Å²) in [4.78, 5) is 14.1. The molecule has 0 radical (unpaired) electrons. The molecule has 3 aromatic rings. The van der Waals surface area contributed by atoms with E-state index in [-0.39, 0.29) is 24.6 Å². The Hall–Kier alpha value is -2.69. The van der Waals surface area contributed by atoms with E-state index in [0.717, 1.165) is 68.4 Å². The van der Waals surface area contributed by atoms with Gasteiger partial charge in [0.25, 0.3) is 0 Å². The largest absolute Gasteiger partial charge is 0.393 e. The molecule has 2 fully saturated rings. The number of hydrogen-bond acceptors (Lipinski definition) is 6. The molecule has 1 saturated heterocycles. The molecule has 1 aromatic carbocycles. The monoisotopic (exact) mass is 558 g/mol. The summed E-state index contributed by atoms with van der Waals surface area (Å²) in [7, 11) is 0. The maximum Gasteiger partial charge on any atom is 0.390 e. The van der Waals surface area contributed by atoms with Crippen molar-refractivity contribution in [3.8, 4) is 11.1 Å². The summed E-state index contributed by atoms with van der Waals surface area (Å²) < 4.78 is 40.1. The lowest BCUT2D eigenvalue weighted by molar-refractivity contribution is -0.131. The number of benzene rings is 1. The zero-order chi connectivity index (χ0) is 28.4. The lowest BCUT2D eigenvalue weighted by Gasteiger charge is -2.40. The number of nitrogens with zero attached hydrogens (tertiary/aromatic N) is 5. The number of aromatic nitrogens is 3. The fraction of sp³-hybridized carbons (Fsp3) is 0.600. The highest BCUT2D eigenvalue weighted by atomic mass is 19.4. The van der Waals surface area contributed by atoms with Crippen LogP contribution < -0.4 is 5.32 Å². The Bertz CT molecular complexity index is 1260. The van der Waals surface area contributed by atoms with E-state index in [2.05, 4.69) is 80.9 Å². The van der Waals surface area contributed by atoms with Crippen molar-refractivity contribution in [1.29, 1.82) is 0 Å². The number of piperazine rings is 1. The Morgan fingerprint density at radius 3 is 2.25 bits per heavy atom. The molecule has 2 aromatic heterocycles. The molecule has 7 nitrogen and oxygen atoms in total. The van der Waals surface area contributed by atoms with Gasteiger partial charge in [0.05, 0.1) is 12.5 Å². The molecule has 1 atom stereocenters. The Kier molecular flexibility index (Phi) is 8.68. The quantitative estimate of drug-likeness (QED) is 0.352. The molecular weight excluding hydrogens is 517 g/mol. The van der Waals surface area contributed by atoms with Crippen LogP contribution in [-0.2, 0) is 0 Å². The second-order valence-corrected chi connectivity index (χ2v) is 11.6. The minimum absolute atomic E-state index is 0.168. The van der Waals surface area contributed by atoms with Crippen molar-refractivity contribution in [3.63, 3.8) is 0 Å². The Morgan fingerprint density at radius 1 is 0.975 bits per heavy atom. The third kappa shape index (κ3) is 6.61. The molecule has 218 valence electrons. The van der Waals surface area contributed by atoms with Crippen LogP contribution in [0.1, 0.15) is 70.5 Å². The van der Waals surface area contributed by atoms with E-state index in [0.29, 0.717) is 17.7 Å². The standard InChI is InChI=1S/C30H41F3N6O/c1-20(2)37-14-16-38(17-15-37)21(3)22-4-6-23(7-5-22)27-19-39(24-8-10-25(40)11-9-24)28-26(27)18-35-29(36-28)34-13-12-30(31,32)33/h4-7,18-21,24-25,40H,8-17H2,1-3H3,(H,34,35,36)/t21-,24-,25-/m1/s1. The maximum atomic E-state index is 12.7. The molecule has 2 aliphatic rings. The molecule has 1 aliphatic carbocycles. The second-order valence-electron chi connectivity index (χ2n) is 11.6. The first-order valence-corrected chi connectivity index (χ1v) is 14.5. The van der Waals surface area contributed by atoms with Crippen LogP contribution in [0.25, 0.3) is 22.2 Å². The van der Waals surface area contributed by atoms with Crippen LogP contribution in [0.3, 0.4) is 0 Å². The summed E-state index contributed by atoms with van der Waals surface area (Å²) in [5.41, 5.74) is 4.05. The van der Waals surface area contributed by atoms with Crippen LogP contribution in [0, 0.1) is 0 Å². The molecule has 2 N–H and O–H groups in total. The minimum atomic E-state index is -4.24. The number of aliphatic hydroxyl groups is 1. The summed E-state index contributed by atoms with van der Waals surface area (Å²) >= 11 is 0. The number of hydrogen-bond donors (Lipinski definition) is 2. The average Bonchev–Trinajstić information content (AvgIpc) is 3.31. The third-order valence-corrected chi connectivity index (χ3v) is 8.65. The van der Waals surface area contributed by atoms with Crippen LogP contribution in [0.15, 0.2) is 36.7 Å². The van der Waals surface area contributed by atoms with Crippen molar-refractivity contribution in [1.82, 2.24) is 24.3 Å². The zero-order valence-electron chi connectivity index (χ0n) is 23.7. The molecule has 0 unspecified atom stereocenters. The van der Waals surface area contributed by atoms with Gasteiger partial charge in [-0.2, -0.15) is 18.2 Å². The van der Waals surface area contributed by atoms with Gasteiger partial charge < -0.3 is 15.0 Å².